The van der Waals surface area contributed by atoms with Crippen LogP contribution in [0.15, 0.2) is 53.3 Å². The van der Waals surface area contributed by atoms with Gasteiger partial charge in [0.2, 0.25) is 0 Å². The fraction of sp³-hybridized carbons (Fsp3) is 0.100. The van der Waals surface area contributed by atoms with Crippen LogP contribution >= 0.6 is 0 Å². The molecule has 0 radical (unpaired) electrons. The predicted molar refractivity (Wildman–Crippen MR) is 98.9 cm³/mol. The Morgan fingerprint density at radius 1 is 1.00 bits per heavy atom. The van der Waals surface area contributed by atoms with Gasteiger partial charge in [0.25, 0.3) is 5.91 Å². The van der Waals surface area contributed by atoms with Crippen molar-refractivity contribution in [3.05, 3.63) is 71.8 Å². The van der Waals surface area contributed by atoms with Crippen LogP contribution in [0, 0.1) is 19.7 Å². The average molecular weight is 362 g/mol. The molecule has 7 heteroatoms. The Bertz CT molecular complexity index is 1150. The van der Waals surface area contributed by atoms with Gasteiger partial charge in [-0.15, -0.1) is 0 Å². The molecule has 0 bridgehead atoms. The summed E-state index contributed by atoms with van der Waals surface area (Å²) in [6.45, 7) is 3.79. The maximum Gasteiger partial charge on any atom is 0.278 e. The zero-order chi connectivity index (χ0) is 19.0. The molecular formula is C20H15FN4O2. The number of aryl methyl sites for hydroxylation is 2. The number of nitrogens with one attached hydrogen (secondary N) is 1. The van der Waals surface area contributed by atoms with E-state index in [-0.39, 0.29) is 17.3 Å². The van der Waals surface area contributed by atoms with Crippen molar-refractivity contribution in [1.29, 1.82) is 0 Å². The number of oxazole rings is 1. The number of nitrogens with zero attached hydrogens (tertiary/aromatic N) is 3. The van der Waals surface area contributed by atoms with E-state index in [0.717, 1.165) is 16.9 Å². The third-order valence-electron chi connectivity index (χ3n) is 4.22. The fourth-order valence-electron chi connectivity index (χ4n) is 2.71. The number of carbonyl (C=O) groups excluding carboxylic acids is 1. The number of rotatable bonds is 3. The summed E-state index contributed by atoms with van der Waals surface area (Å²) in [5.74, 6) is -0.522. The largest absolute Gasteiger partial charge is 0.443 e. The monoisotopic (exact) mass is 362 g/mol. The van der Waals surface area contributed by atoms with E-state index in [1.807, 2.05) is 13.8 Å². The average Bonchev–Trinajstić information content (AvgIpc) is 3.13. The van der Waals surface area contributed by atoms with E-state index in [2.05, 4.69) is 20.3 Å². The second-order valence-electron chi connectivity index (χ2n) is 6.09. The van der Waals surface area contributed by atoms with E-state index >= 15 is 0 Å². The molecule has 0 saturated carbocycles. The summed E-state index contributed by atoms with van der Waals surface area (Å²) in [6.07, 6.45) is 1.19. The van der Waals surface area contributed by atoms with E-state index in [1.54, 1.807) is 18.2 Å². The van der Waals surface area contributed by atoms with Gasteiger partial charge >= 0.3 is 0 Å². The van der Waals surface area contributed by atoms with Crippen LogP contribution in [0.4, 0.5) is 10.1 Å². The minimum atomic E-state index is -0.431. The molecule has 1 amide bonds. The lowest BCUT2D eigenvalue weighted by Crippen LogP contribution is -2.13. The summed E-state index contributed by atoms with van der Waals surface area (Å²) in [5.41, 5.74) is 4.40. The molecule has 0 saturated heterocycles. The Morgan fingerprint density at radius 3 is 2.44 bits per heavy atom. The molecule has 2 aromatic heterocycles. The fourth-order valence-corrected chi connectivity index (χ4v) is 2.71. The highest BCUT2D eigenvalue weighted by Gasteiger charge is 2.19. The molecule has 2 heterocycles. The van der Waals surface area contributed by atoms with Crippen LogP contribution in [0.2, 0.25) is 0 Å². The zero-order valence-corrected chi connectivity index (χ0v) is 14.7. The topological polar surface area (TPSA) is 80.9 Å². The van der Waals surface area contributed by atoms with Crippen molar-refractivity contribution in [2.24, 2.45) is 0 Å². The van der Waals surface area contributed by atoms with E-state index in [4.69, 9.17) is 4.42 Å². The second-order valence-corrected chi connectivity index (χ2v) is 6.09. The Kier molecular flexibility index (Phi) is 4.12. The van der Waals surface area contributed by atoms with Gasteiger partial charge in [-0.05, 0) is 56.3 Å². The number of hydrogen-bond acceptors (Lipinski definition) is 5. The number of amides is 1. The van der Waals surface area contributed by atoms with Crippen LogP contribution in [-0.2, 0) is 0 Å². The summed E-state index contributed by atoms with van der Waals surface area (Å²) in [5, 5.41) is 2.79. The highest BCUT2D eigenvalue weighted by molar-refractivity contribution is 6.06. The third-order valence-corrected chi connectivity index (χ3v) is 4.22. The summed E-state index contributed by atoms with van der Waals surface area (Å²) < 4.78 is 18.5. The van der Waals surface area contributed by atoms with E-state index in [1.165, 1.54) is 30.7 Å². The quantitative estimate of drug-likeness (QED) is 0.588. The Morgan fingerprint density at radius 2 is 1.70 bits per heavy atom. The van der Waals surface area contributed by atoms with Crippen LogP contribution in [0.3, 0.4) is 0 Å². The molecule has 0 atom stereocenters. The highest BCUT2D eigenvalue weighted by Crippen LogP contribution is 2.25. The summed E-state index contributed by atoms with van der Waals surface area (Å²) in [6, 6.07) is 11.0. The highest BCUT2D eigenvalue weighted by atomic mass is 19.1. The van der Waals surface area contributed by atoms with Crippen LogP contribution in [0.25, 0.3) is 22.4 Å². The van der Waals surface area contributed by atoms with Gasteiger partial charge in [0.1, 0.15) is 5.82 Å². The van der Waals surface area contributed by atoms with Gasteiger partial charge in [-0.25, -0.2) is 19.3 Å². The van der Waals surface area contributed by atoms with Crippen molar-refractivity contribution < 1.29 is 13.6 Å². The number of aromatic nitrogens is 3. The van der Waals surface area contributed by atoms with Crippen LogP contribution in [0.1, 0.15) is 21.9 Å². The number of carbonyl (C=O) groups is 1. The second kappa shape index (κ2) is 6.60. The maximum absolute atomic E-state index is 13.1. The molecule has 0 aliphatic rings. The lowest BCUT2D eigenvalue weighted by atomic mass is 10.1. The lowest BCUT2D eigenvalue weighted by Gasteiger charge is -2.07. The third kappa shape index (κ3) is 3.27. The number of hydrogen-bond donors (Lipinski definition) is 1. The van der Waals surface area contributed by atoms with Crippen LogP contribution in [-0.4, -0.2) is 20.9 Å². The molecule has 134 valence electrons. The minimum Gasteiger partial charge on any atom is -0.443 e. The first-order valence-corrected chi connectivity index (χ1v) is 8.27. The molecule has 1 N–H and O–H groups in total. The first kappa shape index (κ1) is 16.8. The number of anilines is 1. The minimum absolute atomic E-state index is 0.118. The van der Waals surface area contributed by atoms with Gasteiger partial charge in [-0.1, -0.05) is 0 Å². The maximum atomic E-state index is 13.1. The van der Waals surface area contributed by atoms with E-state index in [0.29, 0.717) is 16.8 Å². The molecule has 0 aliphatic carbocycles. The Labute approximate surface area is 154 Å². The van der Waals surface area contributed by atoms with Crippen molar-refractivity contribution in [3.63, 3.8) is 0 Å². The molecule has 4 aromatic rings. The molecule has 27 heavy (non-hydrogen) atoms. The number of benzene rings is 2. The van der Waals surface area contributed by atoms with Crippen LogP contribution in [0.5, 0.6) is 0 Å². The Balaban J connectivity index is 1.63. The molecule has 0 aliphatic heterocycles. The molecule has 4 rings (SSSR count). The van der Waals surface area contributed by atoms with Gasteiger partial charge in [0.05, 0.1) is 22.4 Å². The molecule has 2 aromatic carbocycles. The lowest BCUT2D eigenvalue weighted by molar-refractivity contribution is 0.102. The van der Waals surface area contributed by atoms with Crippen molar-refractivity contribution in [2.75, 3.05) is 5.32 Å². The Hall–Kier alpha value is -3.61. The summed E-state index contributed by atoms with van der Waals surface area (Å²) >= 11 is 0. The molecule has 0 fully saturated rings. The molecular weight excluding hydrogens is 347 g/mol. The first-order valence-electron chi connectivity index (χ1n) is 8.27. The molecule has 0 unspecified atom stereocenters. The predicted octanol–water partition coefficient (Wildman–Crippen LogP) is 4.29. The van der Waals surface area contributed by atoms with Gasteiger partial charge in [0, 0.05) is 11.3 Å². The number of fused-ring (bicyclic) bond motifs is 1. The summed E-state index contributed by atoms with van der Waals surface area (Å²) in [7, 11) is 0. The van der Waals surface area contributed by atoms with Crippen molar-refractivity contribution in [2.45, 2.75) is 13.8 Å². The van der Waals surface area contributed by atoms with Gasteiger partial charge in [-0.3, -0.25) is 4.79 Å². The van der Waals surface area contributed by atoms with Crippen molar-refractivity contribution >= 4 is 22.6 Å². The summed E-state index contributed by atoms with van der Waals surface area (Å²) in [4.78, 5) is 25.6. The van der Waals surface area contributed by atoms with Crippen molar-refractivity contribution in [3.8, 4) is 11.3 Å². The molecule has 0 spiro atoms. The molecule has 6 nitrogen and oxygen atoms in total. The van der Waals surface area contributed by atoms with Gasteiger partial charge < -0.3 is 9.73 Å². The smallest absolute Gasteiger partial charge is 0.278 e. The van der Waals surface area contributed by atoms with Gasteiger partial charge in [0.15, 0.2) is 17.8 Å². The van der Waals surface area contributed by atoms with Crippen molar-refractivity contribution in [1.82, 2.24) is 15.0 Å². The standard InChI is InChI=1S/C20H15FN4O2/c1-11-12(2)24-17-9-15(7-8-16(17)23-11)25-20(26)18-19(27-10-22-18)13-3-5-14(21)6-4-13/h3-10H,1-2H3,(H,25,26). The van der Waals surface area contributed by atoms with Gasteiger partial charge in [-0.2, -0.15) is 0 Å². The van der Waals surface area contributed by atoms with E-state index in [9.17, 15) is 9.18 Å². The van der Waals surface area contributed by atoms with Crippen LogP contribution < -0.4 is 5.32 Å². The first-order chi connectivity index (χ1) is 13.0. The number of halogens is 1. The van der Waals surface area contributed by atoms with E-state index < -0.39 is 5.91 Å². The SMILES string of the molecule is Cc1nc2ccc(NC(=O)c3ncoc3-c3ccc(F)cc3)cc2nc1C. The normalized spacial score (nSPS) is 10.9. The zero-order valence-electron chi connectivity index (χ0n) is 14.7.